The summed E-state index contributed by atoms with van der Waals surface area (Å²) >= 11 is 0. The minimum absolute atomic E-state index is 0.0917. The van der Waals surface area contributed by atoms with Crippen LogP contribution in [0.25, 0.3) is 0 Å². The van der Waals surface area contributed by atoms with Crippen LogP contribution in [0.2, 0.25) is 0 Å². The van der Waals surface area contributed by atoms with E-state index >= 15 is 0 Å². The predicted molar refractivity (Wildman–Crippen MR) is 53.9 cm³/mol. The van der Waals surface area contributed by atoms with Gasteiger partial charge in [0, 0.05) is 18.3 Å². The van der Waals surface area contributed by atoms with Crippen molar-refractivity contribution in [1.82, 2.24) is 9.78 Å². The van der Waals surface area contributed by atoms with E-state index in [4.69, 9.17) is 0 Å². The van der Waals surface area contributed by atoms with Crippen LogP contribution in [0.1, 0.15) is 38.3 Å². The van der Waals surface area contributed by atoms with Gasteiger partial charge in [0.15, 0.2) is 0 Å². The summed E-state index contributed by atoms with van der Waals surface area (Å²) in [5.74, 6) is 0. The molecular weight excluding hydrogens is 164 g/mol. The summed E-state index contributed by atoms with van der Waals surface area (Å²) in [4.78, 5) is 11.2. The molecule has 74 valence electrons. The largest absolute Gasteiger partial charge is 0.300 e. The van der Waals surface area contributed by atoms with Crippen molar-refractivity contribution in [2.45, 2.75) is 46.1 Å². The molecule has 0 aliphatic carbocycles. The second kappa shape index (κ2) is 4.90. The van der Waals surface area contributed by atoms with Crippen LogP contribution in [0.4, 0.5) is 0 Å². The molecule has 3 nitrogen and oxygen atoms in total. The van der Waals surface area contributed by atoms with E-state index in [1.807, 2.05) is 6.92 Å². The van der Waals surface area contributed by atoms with E-state index in [1.54, 1.807) is 10.7 Å². The van der Waals surface area contributed by atoms with Crippen LogP contribution in [-0.2, 0) is 6.54 Å². The second-order valence-electron chi connectivity index (χ2n) is 3.49. The molecular formula is C10H18N2O. The van der Waals surface area contributed by atoms with Gasteiger partial charge in [-0.3, -0.25) is 9.48 Å². The minimum Gasteiger partial charge on any atom is -0.300 e. The van der Waals surface area contributed by atoms with Crippen LogP contribution in [0.5, 0.6) is 0 Å². The number of aromatic nitrogens is 2. The molecule has 0 bridgehead atoms. The summed E-state index contributed by atoms with van der Waals surface area (Å²) in [6.07, 6.45) is 4.79. The van der Waals surface area contributed by atoms with E-state index in [9.17, 15) is 4.79 Å². The van der Waals surface area contributed by atoms with E-state index in [0.29, 0.717) is 0 Å². The third-order valence-electron chi connectivity index (χ3n) is 2.15. The van der Waals surface area contributed by atoms with Gasteiger partial charge in [-0.25, -0.2) is 0 Å². The van der Waals surface area contributed by atoms with Gasteiger partial charge in [-0.2, -0.15) is 0 Å². The number of unbranched alkanes of at least 4 members (excludes halogenated alkanes) is 3. The molecule has 3 heteroatoms. The van der Waals surface area contributed by atoms with Crippen LogP contribution < -0.4 is 5.56 Å². The highest BCUT2D eigenvalue weighted by Gasteiger charge is 1.97. The fourth-order valence-electron chi connectivity index (χ4n) is 1.43. The maximum absolute atomic E-state index is 11.2. The molecule has 0 aliphatic heterocycles. The maximum Gasteiger partial charge on any atom is 0.266 e. The van der Waals surface area contributed by atoms with E-state index in [-0.39, 0.29) is 5.56 Å². The zero-order chi connectivity index (χ0) is 9.68. The van der Waals surface area contributed by atoms with E-state index < -0.39 is 0 Å². The first-order chi connectivity index (χ1) is 6.24. The first kappa shape index (κ1) is 10.1. The molecule has 1 heterocycles. The van der Waals surface area contributed by atoms with Crippen LogP contribution in [-0.4, -0.2) is 9.78 Å². The Morgan fingerprint density at radius 1 is 1.38 bits per heavy atom. The number of hydrogen-bond donors (Lipinski definition) is 1. The highest BCUT2D eigenvalue weighted by Crippen LogP contribution is 1.99. The fraction of sp³-hybridized carbons (Fsp3) is 0.700. The van der Waals surface area contributed by atoms with Crippen molar-refractivity contribution in [3.63, 3.8) is 0 Å². The van der Waals surface area contributed by atoms with Crippen LogP contribution in [0.3, 0.4) is 0 Å². The Hall–Kier alpha value is -0.990. The number of nitrogens with zero attached hydrogens (tertiary/aromatic N) is 1. The standard InChI is InChI=1S/C10H18N2O/c1-3-4-5-6-7-12-10(13)8-9(2)11-12/h8,11H,3-7H2,1-2H3. The lowest BCUT2D eigenvalue weighted by atomic mass is 10.2. The zero-order valence-corrected chi connectivity index (χ0v) is 8.47. The van der Waals surface area contributed by atoms with Gasteiger partial charge in [0.05, 0.1) is 0 Å². The molecule has 0 radical (unpaired) electrons. The highest BCUT2D eigenvalue weighted by molar-refractivity contribution is 4.95. The SMILES string of the molecule is CCCCCCn1[nH]c(C)cc1=O. The van der Waals surface area contributed by atoms with Gasteiger partial charge >= 0.3 is 0 Å². The van der Waals surface area contributed by atoms with E-state index in [1.165, 1.54) is 19.3 Å². The quantitative estimate of drug-likeness (QED) is 0.695. The average Bonchev–Trinajstić information content (AvgIpc) is 2.39. The number of rotatable bonds is 5. The summed E-state index contributed by atoms with van der Waals surface area (Å²) in [5.41, 5.74) is 1.04. The number of H-pyrrole nitrogens is 1. The summed E-state index contributed by atoms with van der Waals surface area (Å²) in [5, 5.41) is 3.03. The van der Waals surface area contributed by atoms with Gasteiger partial charge < -0.3 is 5.10 Å². The molecule has 0 saturated heterocycles. The summed E-state index contributed by atoms with van der Waals surface area (Å²) in [6, 6.07) is 1.64. The summed E-state index contributed by atoms with van der Waals surface area (Å²) in [7, 11) is 0. The normalized spacial score (nSPS) is 10.6. The van der Waals surface area contributed by atoms with Crippen molar-refractivity contribution in [1.29, 1.82) is 0 Å². The Labute approximate surface area is 78.8 Å². The molecule has 0 saturated carbocycles. The van der Waals surface area contributed by atoms with Gasteiger partial charge in [-0.15, -0.1) is 0 Å². The molecule has 0 aromatic carbocycles. The summed E-state index contributed by atoms with van der Waals surface area (Å²) < 4.78 is 1.69. The third-order valence-corrected chi connectivity index (χ3v) is 2.15. The smallest absolute Gasteiger partial charge is 0.266 e. The van der Waals surface area contributed by atoms with Crippen molar-refractivity contribution in [2.75, 3.05) is 0 Å². The lowest BCUT2D eigenvalue weighted by molar-refractivity contribution is 0.528. The van der Waals surface area contributed by atoms with E-state index in [2.05, 4.69) is 12.0 Å². The molecule has 0 unspecified atom stereocenters. The Kier molecular flexibility index (Phi) is 3.80. The third kappa shape index (κ3) is 3.09. The van der Waals surface area contributed by atoms with Gasteiger partial charge in [0.2, 0.25) is 0 Å². The Morgan fingerprint density at radius 2 is 2.15 bits per heavy atom. The van der Waals surface area contributed by atoms with Crippen LogP contribution >= 0.6 is 0 Å². The van der Waals surface area contributed by atoms with Crippen molar-refractivity contribution >= 4 is 0 Å². The molecule has 1 rings (SSSR count). The molecule has 0 amide bonds. The van der Waals surface area contributed by atoms with E-state index in [0.717, 1.165) is 18.7 Å². The molecule has 1 aromatic heterocycles. The number of aryl methyl sites for hydroxylation is 2. The van der Waals surface area contributed by atoms with Gasteiger partial charge in [-0.05, 0) is 13.3 Å². The second-order valence-corrected chi connectivity index (χ2v) is 3.49. The Morgan fingerprint density at radius 3 is 2.69 bits per heavy atom. The zero-order valence-electron chi connectivity index (χ0n) is 8.47. The first-order valence-electron chi connectivity index (χ1n) is 5.00. The van der Waals surface area contributed by atoms with Gasteiger partial charge in [-0.1, -0.05) is 26.2 Å². The van der Waals surface area contributed by atoms with Crippen molar-refractivity contribution in [3.8, 4) is 0 Å². The fourth-order valence-corrected chi connectivity index (χ4v) is 1.43. The Bertz CT molecular complexity index is 298. The van der Waals surface area contributed by atoms with Crippen molar-refractivity contribution in [2.24, 2.45) is 0 Å². The minimum atomic E-state index is 0.0917. The van der Waals surface area contributed by atoms with Gasteiger partial charge in [0.25, 0.3) is 5.56 Å². The monoisotopic (exact) mass is 182 g/mol. The summed E-state index contributed by atoms with van der Waals surface area (Å²) in [6.45, 7) is 4.92. The van der Waals surface area contributed by atoms with Crippen molar-refractivity contribution in [3.05, 3.63) is 22.1 Å². The topological polar surface area (TPSA) is 37.8 Å². The predicted octanol–water partition coefficient (Wildman–Crippen LogP) is 2.07. The molecule has 1 N–H and O–H groups in total. The number of nitrogens with one attached hydrogen (secondary N) is 1. The van der Waals surface area contributed by atoms with Crippen molar-refractivity contribution < 1.29 is 0 Å². The molecule has 13 heavy (non-hydrogen) atoms. The number of hydrogen-bond acceptors (Lipinski definition) is 1. The molecule has 0 aliphatic rings. The Balaban J connectivity index is 2.36. The first-order valence-corrected chi connectivity index (χ1v) is 5.00. The average molecular weight is 182 g/mol. The molecule has 0 spiro atoms. The lowest BCUT2D eigenvalue weighted by Gasteiger charge is -2.00. The molecule has 0 fully saturated rings. The maximum atomic E-state index is 11.2. The highest BCUT2D eigenvalue weighted by atomic mass is 16.1. The van der Waals surface area contributed by atoms with Crippen LogP contribution in [0.15, 0.2) is 10.9 Å². The number of aromatic amines is 1. The van der Waals surface area contributed by atoms with Gasteiger partial charge in [0.1, 0.15) is 0 Å². The van der Waals surface area contributed by atoms with Crippen LogP contribution in [0, 0.1) is 6.92 Å². The molecule has 0 atom stereocenters. The molecule has 1 aromatic rings. The lowest BCUT2D eigenvalue weighted by Crippen LogP contribution is -2.15.